The molecule has 0 aliphatic heterocycles. The van der Waals surface area contributed by atoms with Crippen LogP contribution < -0.4 is 0 Å². The predicted octanol–water partition coefficient (Wildman–Crippen LogP) is 4.70. The van der Waals surface area contributed by atoms with E-state index >= 15 is 0 Å². The van der Waals surface area contributed by atoms with Gasteiger partial charge in [0.1, 0.15) is 0 Å². The van der Waals surface area contributed by atoms with Crippen LogP contribution in [0.5, 0.6) is 0 Å². The van der Waals surface area contributed by atoms with Crippen LogP contribution in [0.2, 0.25) is 0 Å². The van der Waals surface area contributed by atoms with Crippen LogP contribution in [0.25, 0.3) is 0 Å². The van der Waals surface area contributed by atoms with E-state index in [1.807, 2.05) is 0 Å². The molecule has 1 heteroatoms. The summed E-state index contributed by atoms with van der Waals surface area (Å²) in [6.07, 6.45) is 4.35. The maximum atomic E-state index is 6.94. The zero-order valence-electron chi connectivity index (χ0n) is 10.4. The molecular formula is C17H17Cl. The average Bonchev–Trinajstić information content (AvgIpc) is 2.40. The third-order valence-corrected chi connectivity index (χ3v) is 4.37. The molecule has 0 bridgehead atoms. The molecule has 0 saturated carbocycles. The van der Waals surface area contributed by atoms with Crippen LogP contribution in [-0.2, 0) is 17.7 Å². The fourth-order valence-corrected chi connectivity index (χ4v) is 3.44. The summed E-state index contributed by atoms with van der Waals surface area (Å²) in [6, 6.07) is 19.2. The largest absolute Gasteiger partial charge is 0.114 e. The van der Waals surface area contributed by atoms with Gasteiger partial charge in [-0.2, -0.15) is 0 Å². The standard InChI is InChI=1S/C17H17Cl/c18-17(13-14-7-2-1-3-8-14)12-6-10-15-9-4-5-11-16(15)17/h1-5,7-9,11H,6,10,12-13H2. The molecule has 0 radical (unpaired) electrons. The normalized spacial score (nSPS) is 22.5. The van der Waals surface area contributed by atoms with Gasteiger partial charge in [0.05, 0.1) is 4.87 Å². The summed E-state index contributed by atoms with van der Waals surface area (Å²) < 4.78 is 0. The van der Waals surface area contributed by atoms with Crippen molar-refractivity contribution in [2.75, 3.05) is 0 Å². The molecule has 0 nitrogen and oxygen atoms in total. The van der Waals surface area contributed by atoms with Crippen LogP contribution in [0.1, 0.15) is 29.5 Å². The number of benzene rings is 2. The first-order valence-corrected chi connectivity index (χ1v) is 6.97. The molecule has 0 fully saturated rings. The second kappa shape index (κ2) is 4.78. The minimum atomic E-state index is -0.212. The summed E-state index contributed by atoms with van der Waals surface area (Å²) in [5.41, 5.74) is 4.08. The Hall–Kier alpha value is -1.27. The van der Waals surface area contributed by atoms with E-state index in [1.54, 1.807) is 0 Å². The van der Waals surface area contributed by atoms with Crippen LogP contribution in [-0.4, -0.2) is 0 Å². The molecule has 1 atom stereocenters. The monoisotopic (exact) mass is 256 g/mol. The Morgan fingerprint density at radius 1 is 0.944 bits per heavy atom. The van der Waals surface area contributed by atoms with E-state index in [-0.39, 0.29) is 4.87 Å². The van der Waals surface area contributed by atoms with Crippen molar-refractivity contribution in [3.8, 4) is 0 Å². The van der Waals surface area contributed by atoms with Gasteiger partial charge in [-0.3, -0.25) is 0 Å². The molecule has 18 heavy (non-hydrogen) atoms. The highest BCUT2D eigenvalue weighted by Crippen LogP contribution is 2.43. The minimum absolute atomic E-state index is 0.212. The number of fused-ring (bicyclic) bond motifs is 1. The Labute approximate surface area is 114 Å². The first-order chi connectivity index (χ1) is 8.78. The summed E-state index contributed by atoms with van der Waals surface area (Å²) in [5.74, 6) is 0. The summed E-state index contributed by atoms with van der Waals surface area (Å²) in [7, 11) is 0. The summed E-state index contributed by atoms with van der Waals surface area (Å²) in [5, 5.41) is 0. The first kappa shape index (κ1) is 11.8. The smallest absolute Gasteiger partial charge is 0.0737 e. The van der Waals surface area contributed by atoms with Gasteiger partial charge in [-0.15, -0.1) is 11.6 Å². The molecular weight excluding hydrogens is 240 g/mol. The van der Waals surface area contributed by atoms with E-state index in [0.717, 1.165) is 12.8 Å². The lowest BCUT2D eigenvalue weighted by molar-refractivity contribution is 0.493. The molecule has 2 aromatic rings. The van der Waals surface area contributed by atoms with Crippen LogP contribution in [0.4, 0.5) is 0 Å². The lowest BCUT2D eigenvalue weighted by Crippen LogP contribution is -2.27. The van der Waals surface area contributed by atoms with Crippen molar-refractivity contribution in [3.63, 3.8) is 0 Å². The lowest BCUT2D eigenvalue weighted by atomic mass is 9.79. The minimum Gasteiger partial charge on any atom is -0.114 e. The number of halogens is 1. The summed E-state index contributed by atoms with van der Waals surface area (Å²) >= 11 is 6.94. The maximum absolute atomic E-state index is 6.94. The zero-order valence-corrected chi connectivity index (χ0v) is 11.2. The van der Waals surface area contributed by atoms with Crippen LogP contribution in [0.3, 0.4) is 0 Å². The third kappa shape index (κ3) is 2.18. The molecule has 0 aromatic heterocycles. The Balaban J connectivity index is 1.96. The molecule has 1 unspecified atom stereocenters. The van der Waals surface area contributed by atoms with Gasteiger partial charge in [-0.25, -0.2) is 0 Å². The molecule has 0 saturated heterocycles. The third-order valence-electron chi connectivity index (χ3n) is 3.85. The predicted molar refractivity (Wildman–Crippen MR) is 77.1 cm³/mol. The van der Waals surface area contributed by atoms with Crippen molar-refractivity contribution in [2.45, 2.75) is 30.6 Å². The van der Waals surface area contributed by atoms with E-state index in [2.05, 4.69) is 54.6 Å². The molecule has 2 aromatic carbocycles. The van der Waals surface area contributed by atoms with E-state index in [0.29, 0.717) is 0 Å². The summed E-state index contributed by atoms with van der Waals surface area (Å²) in [4.78, 5) is -0.212. The molecule has 92 valence electrons. The fourth-order valence-electron chi connectivity index (χ4n) is 2.97. The topological polar surface area (TPSA) is 0 Å². The second-order valence-corrected chi connectivity index (χ2v) is 5.86. The van der Waals surface area contributed by atoms with E-state index in [9.17, 15) is 0 Å². The Bertz CT molecular complexity index is 532. The fraction of sp³-hybridized carbons (Fsp3) is 0.294. The van der Waals surface area contributed by atoms with E-state index < -0.39 is 0 Å². The van der Waals surface area contributed by atoms with Gasteiger partial charge in [-0.1, -0.05) is 54.6 Å². The van der Waals surface area contributed by atoms with Gasteiger partial charge >= 0.3 is 0 Å². The van der Waals surface area contributed by atoms with Gasteiger partial charge in [-0.05, 0) is 42.4 Å². The molecule has 0 N–H and O–H groups in total. The zero-order chi connectivity index (χ0) is 12.4. The van der Waals surface area contributed by atoms with E-state index in [1.165, 1.54) is 29.5 Å². The summed E-state index contributed by atoms with van der Waals surface area (Å²) in [6.45, 7) is 0. The lowest BCUT2D eigenvalue weighted by Gasteiger charge is -2.34. The van der Waals surface area contributed by atoms with Gasteiger partial charge in [0, 0.05) is 0 Å². The number of aryl methyl sites for hydroxylation is 1. The SMILES string of the molecule is ClC1(Cc2ccccc2)CCCc2ccccc21. The maximum Gasteiger partial charge on any atom is 0.0737 e. The van der Waals surface area contributed by atoms with Crippen LogP contribution in [0, 0.1) is 0 Å². The number of rotatable bonds is 2. The van der Waals surface area contributed by atoms with Crippen LogP contribution >= 0.6 is 11.6 Å². The highest BCUT2D eigenvalue weighted by Gasteiger charge is 2.34. The van der Waals surface area contributed by atoms with Gasteiger partial charge in [0.25, 0.3) is 0 Å². The Morgan fingerprint density at radius 3 is 2.50 bits per heavy atom. The Kier molecular flexibility index (Phi) is 3.13. The molecule has 3 rings (SSSR count). The molecule has 1 aliphatic rings. The number of hydrogen-bond acceptors (Lipinski definition) is 0. The molecule has 0 heterocycles. The second-order valence-electron chi connectivity index (χ2n) is 5.14. The van der Waals surface area contributed by atoms with E-state index in [4.69, 9.17) is 11.6 Å². The number of hydrogen-bond donors (Lipinski definition) is 0. The highest BCUT2D eigenvalue weighted by atomic mass is 35.5. The quantitative estimate of drug-likeness (QED) is 0.684. The van der Waals surface area contributed by atoms with Gasteiger partial charge in [0.15, 0.2) is 0 Å². The molecule has 0 amide bonds. The van der Waals surface area contributed by atoms with Gasteiger partial charge in [0.2, 0.25) is 0 Å². The molecule has 1 aliphatic carbocycles. The Morgan fingerprint density at radius 2 is 1.67 bits per heavy atom. The van der Waals surface area contributed by atoms with Crippen molar-refractivity contribution >= 4 is 11.6 Å². The molecule has 0 spiro atoms. The van der Waals surface area contributed by atoms with Crippen LogP contribution in [0.15, 0.2) is 54.6 Å². The first-order valence-electron chi connectivity index (χ1n) is 6.59. The van der Waals surface area contributed by atoms with Crippen molar-refractivity contribution < 1.29 is 0 Å². The van der Waals surface area contributed by atoms with Crippen molar-refractivity contribution in [2.24, 2.45) is 0 Å². The van der Waals surface area contributed by atoms with Crippen molar-refractivity contribution in [3.05, 3.63) is 71.3 Å². The average molecular weight is 257 g/mol. The van der Waals surface area contributed by atoms with Gasteiger partial charge < -0.3 is 0 Å². The van der Waals surface area contributed by atoms with Crippen molar-refractivity contribution in [1.29, 1.82) is 0 Å². The number of alkyl halides is 1. The van der Waals surface area contributed by atoms with Crippen molar-refractivity contribution in [1.82, 2.24) is 0 Å². The highest BCUT2D eigenvalue weighted by molar-refractivity contribution is 6.24.